The van der Waals surface area contributed by atoms with Gasteiger partial charge in [0.15, 0.2) is 17.5 Å². The second kappa shape index (κ2) is 8.07. The molecule has 134 valence electrons. The van der Waals surface area contributed by atoms with Crippen LogP contribution in [0.15, 0.2) is 12.1 Å². The van der Waals surface area contributed by atoms with Crippen molar-refractivity contribution in [3.8, 4) is 0 Å². The van der Waals surface area contributed by atoms with E-state index in [1.807, 2.05) is 0 Å². The first-order valence-corrected chi connectivity index (χ1v) is 12.2. The predicted octanol–water partition coefficient (Wildman–Crippen LogP) is 6.42. The van der Waals surface area contributed by atoms with Gasteiger partial charge < -0.3 is 0 Å². The van der Waals surface area contributed by atoms with Crippen LogP contribution >= 0.6 is 0 Å². The van der Waals surface area contributed by atoms with Crippen LogP contribution in [-0.4, -0.2) is 8.80 Å². The summed E-state index contributed by atoms with van der Waals surface area (Å²) in [5.74, 6) is -1.57. The van der Waals surface area contributed by atoms with Crippen molar-refractivity contribution >= 4 is 8.80 Å². The summed E-state index contributed by atoms with van der Waals surface area (Å²) in [6.07, 6.45) is 8.50. The summed E-state index contributed by atoms with van der Waals surface area (Å²) < 4.78 is 40.0. The van der Waals surface area contributed by atoms with E-state index in [0.29, 0.717) is 5.56 Å². The molecule has 0 nitrogen and oxygen atoms in total. The van der Waals surface area contributed by atoms with Crippen LogP contribution in [-0.2, 0) is 0 Å². The van der Waals surface area contributed by atoms with Crippen LogP contribution in [0.5, 0.6) is 0 Å². The van der Waals surface area contributed by atoms with Crippen LogP contribution in [0.2, 0.25) is 18.1 Å². The van der Waals surface area contributed by atoms with Gasteiger partial charge in [0.25, 0.3) is 0 Å². The zero-order chi connectivity index (χ0) is 17.1. The molecule has 1 saturated heterocycles. The Bertz CT molecular complexity index is 521. The quantitative estimate of drug-likeness (QED) is 0.432. The van der Waals surface area contributed by atoms with Crippen molar-refractivity contribution in [2.24, 2.45) is 11.8 Å². The second-order valence-corrected chi connectivity index (χ2v) is 11.4. The molecule has 1 aliphatic heterocycles. The highest BCUT2D eigenvalue weighted by Crippen LogP contribution is 2.43. The zero-order valence-electron chi connectivity index (χ0n) is 14.7. The molecule has 24 heavy (non-hydrogen) atoms. The summed E-state index contributed by atoms with van der Waals surface area (Å²) in [5, 5.41) is 0. The van der Waals surface area contributed by atoms with Crippen LogP contribution in [0.25, 0.3) is 0 Å². The maximum atomic E-state index is 13.5. The lowest BCUT2D eigenvalue weighted by atomic mass is 9.72. The highest BCUT2D eigenvalue weighted by atomic mass is 28.3. The Balaban J connectivity index is 1.53. The molecule has 2 fully saturated rings. The van der Waals surface area contributed by atoms with Crippen molar-refractivity contribution in [2.45, 2.75) is 75.9 Å². The molecule has 0 amide bonds. The third-order valence-electron chi connectivity index (χ3n) is 6.50. The monoisotopic (exact) mass is 354 g/mol. The maximum absolute atomic E-state index is 13.5. The van der Waals surface area contributed by atoms with E-state index in [2.05, 4.69) is 6.92 Å². The van der Waals surface area contributed by atoms with Crippen molar-refractivity contribution in [1.29, 1.82) is 0 Å². The van der Waals surface area contributed by atoms with Crippen LogP contribution < -0.4 is 0 Å². The van der Waals surface area contributed by atoms with E-state index >= 15 is 0 Å². The number of rotatable bonds is 4. The highest BCUT2D eigenvalue weighted by Gasteiger charge is 2.31. The van der Waals surface area contributed by atoms with Crippen molar-refractivity contribution in [3.05, 3.63) is 35.1 Å². The molecule has 0 N–H and O–H groups in total. The molecule has 0 atom stereocenters. The van der Waals surface area contributed by atoms with E-state index in [1.54, 1.807) is 0 Å². The summed E-state index contributed by atoms with van der Waals surface area (Å²) in [4.78, 5) is 0. The average Bonchev–Trinajstić information content (AvgIpc) is 2.60. The molecule has 1 saturated carbocycles. The van der Waals surface area contributed by atoms with E-state index in [4.69, 9.17) is 0 Å². The normalized spacial score (nSPS) is 31.2. The van der Waals surface area contributed by atoms with E-state index < -0.39 is 26.2 Å². The third kappa shape index (κ3) is 4.06. The van der Waals surface area contributed by atoms with Crippen molar-refractivity contribution < 1.29 is 13.2 Å². The molecule has 2 aliphatic rings. The van der Waals surface area contributed by atoms with Gasteiger partial charge in [-0.2, -0.15) is 0 Å². The minimum atomic E-state index is -1.35. The van der Waals surface area contributed by atoms with E-state index in [9.17, 15) is 13.2 Å². The highest BCUT2D eigenvalue weighted by molar-refractivity contribution is 6.58. The van der Waals surface area contributed by atoms with E-state index in [-0.39, 0.29) is 5.92 Å². The Morgan fingerprint density at radius 1 is 0.875 bits per heavy atom. The summed E-state index contributed by atoms with van der Waals surface area (Å²) in [6, 6.07) is 6.96. The van der Waals surface area contributed by atoms with Gasteiger partial charge in [0, 0.05) is 8.80 Å². The van der Waals surface area contributed by atoms with Gasteiger partial charge in [-0.15, -0.1) is 0 Å². The first kappa shape index (κ1) is 18.0. The molecule has 1 aromatic rings. The van der Waals surface area contributed by atoms with Crippen LogP contribution in [0, 0.1) is 29.3 Å². The first-order valence-electron chi connectivity index (χ1n) is 9.72. The van der Waals surface area contributed by atoms with Crippen LogP contribution in [0.4, 0.5) is 13.2 Å². The Morgan fingerprint density at radius 3 is 1.96 bits per heavy atom. The van der Waals surface area contributed by atoms with Gasteiger partial charge >= 0.3 is 0 Å². The minimum Gasteiger partial charge on any atom is -0.204 e. The van der Waals surface area contributed by atoms with Gasteiger partial charge in [-0.05, 0) is 61.1 Å². The number of hydrogen-bond acceptors (Lipinski definition) is 0. The van der Waals surface area contributed by atoms with Crippen molar-refractivity contribution in [1.82, 2.24) is 0 Å². The van der Waals surface area contributed by atoms with Crippen LogP contribution in [0.1, 0.15) is 63.4 Å². The SMILES string of the molecule is CCC[Si@H]1CC[C@H]([C@H]2CC[C@H](c3cc(F)c(F)c(F)c3)CC2)CC1. The van der Waals surface area contributed by atoms with Gasteiger partial charge in [-0.1, -0.05) is 44.3 Å². The summed E-state index contributed by atoms with van der Waals surface area (Å²) in [7, 11) is -0.416. The Hall–Kier alpha value is -0.773. The molecule has 0 bridgehead atoms. The Labute approximate surface area is 145 Å². The lowest BCUT2D eigenvalue weighted by molar-refractivity contribution is 0.216. The van der Waals surface area contributed by atoms with E-state index in [1.165, 1.54) is 49.5 Å². The lowest BCUT2D eigenvalue weighted by Crippen LogP contribution is -2.28. The van der Waals surface area contributed by atoms with Crippen LogP contribution in [0.3, 0.4) is 0 Å². The Kier molecular flexibility index (Phi) is 6.06. The van der Waals surface area contributed by atoms with Gasteiger partial charge in [0.1, 0.15) is 0 Å². The van der Waals surface area contributed by atoms with Gasteiger partial charge in [0.2, 0.25) is 0 Å². The largest absolute Gasteiger partial charge is 0.204 e. The van der Waals surface area contributed by atoms with Crippen molar-refractivity contribution in [2.75, 3.05) is 0 Å². The fourth-order valence-electron chi connectivity index (χ4n) is 5.09. The second-order valence-electron chi connectivity index (χ2n) is 7.98. The lowest BCUT2D eigenvalue weighted by Gasteiger charge is -2.37. The number of benzene rings is 1. The molecule has 0 spiro atoms. The molecule has 1 aliphatic carbocycles. The summed E-state index contributed by atoms with van der Waals surface area (Å²) in [5.41, 5.74) is 0.643. The standard InChI is InChI=1S/C20H29F3Si/c1-2-9-24-10-7-16(8-11-24)14-3-5-15(6-4-14)17-12-18(21)20(23)19(22)13-17/h12-16,24H,2-11H2,1H3/t14-,15-,16-,24-. The topological polar surface area (TPSA) is 0 Å². The first-order chi connectivity index (χ1) is 11.6. The molecule has 3 rings (SSSR count). The van der Waals surface area contributed by atoms with Gasteiger partial charge in [-0.25, -0.2) is 13.2 Å². The number of hydrogen-bond donors (Lipinski definition) is 0. The van der Waals surface area contributed by atoms with Crippen molar-refractivity contribution in [3.63, 3.8) is 0 Å². The van der Waals surface area contributed by atoms with Gasteiger partial charge in [-0.3, -0.25) is 0 Å². The zero-order valence-corrected chi connectivity index (χ0v) is 15.8. The van der Waals surface area contributed by atoms with E-state index in [0.717, 1.165) is 37.5 Å². The van der Waals surface area contributed by atoms with Gasteiger partial charge in [0.05, 0.1) is 0 Å². The average molecular weight is 355 g/mol. The summed E-state index contributed by atoms with van der Waals surface area (Å²) >= 11 is 0. The maximum Gasteiger partial charge on any atom is 0.194 e. The molecule has 0 radical (unpaired) electrons. The fraction of sp³-hybridized carbons (Fsp3) is 0.700. The molecule has 0 unspecified atom stereocenters. The molecular formula is C20H29F3Si. The molecule has 1 heterocycles. The predicted molar refractivity (Wildman–Crippen MR) is 95.6 cm³/mol. The molecular weight excluding hydrogens is 325 g/mol. The Morgan fingerprint density at radius 2 is 1.42 bits per heavy atom. The smallest absolute Gasteiger partial charge is 0.194 e. The number of halogens is 3. The molecule has 0 aromatic heterocycles. The minimum absolute atomic E-state index is 0.191. The third-order valence-corrected chi connectivity index (χ3v) is 10.2. The summed E-state index contributed by atoms with van der Waals surface area (Å²) in [6.45, 7) is 2.31. The molecule has 1 aromatic carbocycles. The fourth-order valence-corrected chi connectivity index (χ4v) is 8.57. The molecule has 4 heteroatoms.